The number of ether oxygens (including phenoxy) is 3. The third-order valence-electron chi connectivity index (χ3n) is 7.51. The summed E-state index contributed by atoms with van der Waals surface area (Å²) in [5.74, 6) is -1.36. The van der Waals surface area contributed by atoms with Gasteiger partial charge in [-0.25, -0.2) is 19.6 Å². The van der Waals surface area contributed by atoms with Gasteiger partial charge in [0.15, 0.2) is 22.6 Å². The van der Waals surface area contributed by atoms with Crippen LogP contribution >= 0.6 is 22.7 Å². The standard InChI is InChI=1S/C32H42N8O12S3/c1-30(2,3)50-28(43)37-26-35-20(16-53-26)22(24(41)36-23-25(42)40(32(23,7)8)52-55(45,46)47)38-49-12-11-48-18-9-10-19-21(13-18)54-27(34-19)33-17-14-39(15-17)29(44)51-31(4,5)6/h9-10,13,16-17,23H,11-12,14-15H2,1-8H3,(H,33,34)(H,36,41)(H,35,37,43)(H,45,46,47)/b38-22-. The average molecular weight is 827 g/mol. The van der Waals surface area contributed by atoms with E-state index in [1.165, 1.54) is 30.6 Å². The quantitative estimate of drug-likeness (QED) is 0.0630. The zero-order valence-corrected chi connectivity index (χ0v) is 33.6. The van der Waals surface area contributed by atoms with Crippen molar-refractivity contribution in [3.8, 4) is 5.75 Å². The van der Waals surface area contributed by atoms with E-state index in [2.05, 4.69) is 35.4 Å². The lowest BCUT2D eigenvalue weighted by Crippen LogP contribution is -2.76. The number of amides is 4. The Kier molecular flexibility index (Phi) is 11.8. The van der Waals surface area contributed by atoms with Gasteiger partial charge in [-0.3, -0.25) is 19.5 Å². The van der Waals surface area contributed by atoms with Crippen molar-refractivity contribution in [2.75, 3.05) is 36.9 Å². The molecule has 2 aliphatic heterocycles. The number of likely N-dealkylation sites (tertiary alicyclic amines) is 1. The fourth-order valence-corrected chi connectivity index (χ4v) is 7.14. The molecule has 1 atom stereocenters. The number of oxime groups is 1. The maximum absolute atomic E-state index is 13.5. The highest BCUT2D eigenvalue weighted by Gasteiger charge is 2.58. The third-order valence-corrected chi connectivity index (χ3v) is 9.56. The molecule has 0 saturated carbocycles. The minimum Gasteiger partial charge on any atom is -0.490 e. The predicted molar refractivity (Wildman–Crippen MR) is 200 cm³/mol. The van der Waals surface area contributed by atoms with Gasteiger partial charge in [0.2, 0.25) is 0 Å². The van der Waals surface area contributed by atoms with Crippen molar-refractivity contribution in [2.45, 2.75) is 84.2 Å². The molecular formula is C32H42N8O12S3. The number of hydrogen-bond acceptors (Lipinski definition) is 17. The van der Waals surface area contributed by atoms with E-state index in [0.717, 1.165) is 21.6 Å². The third kappa shape index (κ3) is 10.9. The maximum Gasteiger partial charge on any atom is 0.418 e. The summed E-state index contributed by atoms with van der Waals surface area (Å²) in [5.41, 5.74) is -2.39. The van der Waals surface area contributed by atoms with Gasteiger partial charge in [-0.15, -0.1) is 15.6 Å². The number of β-lactam (4-membered cyclic amide) rings is 1. The monoisotopic (exact) mass is 826 g/mol. The van der Waals surface area contributed by atoms with Gasteiger partial charge in [0.05, 0.1) is 21.8 Å². The minimum absolute atomic E-state index is 0.00891. The highest BCUT2D eigenvalue weighted by molar-refractivity contribution is 7.80. The van der Waals surface area contributed by atoms with Gasteiger partial charge in [-0.05, 0) is 73.6 Å². The molecule has 300 valence electrons. The number of thiazole rings is 2. The topological polar surface area (TPSA) is 250 Å². The largest absolute Gasteiger partial charge is 0.490 e. The summed E-state index contributed by atoms with van der Waals surface area (Å²) in [6.07, 6.45) is -1.13. The van der Waals surface area contributed by atoms with Gasteiger partial charge in [0.25, 0.3) is 11.8 Å². The highest BCUT2D eigenvalue weighted by atomic mass is 32.3. The number of hydroxylamine groups is 2. The Hall–Kier alpha value is -4.84. The fourth-order valence-electron chi connectivity index (χ4n) is 5.04. The molecule has 2 aliphatic rings. The Balaban J connectivity index is 1.19. The van der Waals surface area contributed by atoms with Gasteiger partial charge in [-0.2, -0.15) is 13.5 Å². The van der Waals surface area contributed by atoms with E-state index in [1.54, 1.807) is 37.8 Å². The molecule has 0 aliphatic carbocycles. The van der Waals surface area contributed by atoms with Crippen LogP contribution in [0.3, 0.4) is 0 Å². The SMILES string of the molecule is CC(C)(C)OC(=O)Nc1nc(/C(=N/OCCOc2ccc3nc(NC4CN(C(=O)OC(C)(C)C)C4)sc3c2)C(=O)NC2C(=O)N(OS(=O)(=O)O)C2(C)C)cs1. The molecule has 4 heterocycles. The van der Waals surface area contributed by atoms with Crippen molar-refractivity contribution >= 4 is 83.3 Å². The van der Waals surface area contributed by atoms with Crippen LogP contribution in [0.25, 0.3) is 10.2 Å². The number of fused-ring (bicyclic) bond motifs is 1. The van der Waals surface area contributed by atoms with Crippen molar-refractivity contribution in [3.63, 3.8) is 0 Å². The Labute approximate surface area is 324 Å². The Morgan fingerprint density at radius 3 is 2.36 bits per heavy atom. The number of nitrogens with one attached hydrogen (secondary N) is 3. The molecule has 4 N–H and O–H groups in total. The van der Waals surface area contributed by atoms with Gasteiger partial charge >= 0.3 is 22.6 Å². The normalized spacial score (nSPS) is 17.6. The lowest BCUT2D eigenvalue weighted by molar-refractivity contribution is -0.218. The number of carbonyl (C=O) groups is 4. The molecular weight excluding hydrogens is 785 g/mol. The van der Waals surface area contributed by atoms with E-state index in [-0.39, 0.29) is 41.9 Å². The lowest BCUT2D eigenvalue weighted by Gasteiger charge is -2.50. The Morgan fingerprint density at radius 1 is 1.04 bits per heavy atom. The number of carbonyl (C=O) groups excluding carboxylic acids is 4. The van der Waals surface area contributed by atoms with Crippen molar-refractivity contribution < 1.29 is 55.5 Å². The number of rotatable bonds is 13. The van der Waals surface area contributed by atoms with Crippen LogP contribution in [-0.2, 0) is 38.6 Å². The molecule has 0 bridgehead atoms. The van der Waals surface area contributed by atoms with Crippen LogP contribution in [0.5, 0.6) is 5.75 Å². The number of anilines is 2. The van der Waals surface area contributed by atoms with E-state index >= 15 is 0 Å². The summed E-state index contributed by atoms with van der Waals surface area (Å²) in [4.78, 5) is 66.5. The first kappa shape index (κ1) is 41.3. The van der Waals surface area contributed by atoms with E-state index in [4.69, 9.17) is 23.6 Å². The van der Waals surface area contributed by atoms with Crippen molar-refractivity contribution in [1.29, 1.82) is 0 Å². The molecule has 1 unspecified atom stereocenters. The molecule has 2 aromatic heterocycles. The summed E-state index contributed by atoms with van der Waals surface area (Å²) in [6, 6.07) is 4.11. The average Bonchev–Trinajstić information content (AvgIpc) is 3.65. The van der Waals surface area contributed by atoms with Crippen LogP contribution in [0.15, 0.2) is 28.7 Å². The van der Waals surface area contributed by atoms with Gasteiger partial charge in [0.1, 0.15) is 35.3 Å². The first-order valence-electron chi connectivity index (χ1n) is 16.7. The van der Waals surface area contributed by atoms with Crippen molar-refractivity contribution in [3.05, 3.63) is 29.3 Å². The van der Waals surface area contributed by atoms with Crippen LogP contribution in [-0.4, -0.2) is 118 Å². The van der Waals surface area contributed by atoms with E-state index in [1.807, 2.05) is 26.8 Å². The fraction of sp³-hybridized carbons (Fsp3) is 0.531. The molecule has 0 spiro atoms. The van der Waals surface area contributed by atoms with E-state index < -0.39 is 51.1 Å². The minimum atomic E-state index is -5.01. The van der Waals surface area contributed by atoms with Crippen LogP contribution < -0.4 is 20.7 Å². The summed E-state index contributed by atoms with van der Waals surface area (Å²) >= 11 is 2.39. The second kappa shape index (κ2) is 15.7. The van der Waals surface area contributed by atoms with E-state index in [9.17, 15) is 27.6 Å². The molecule has 23 heteroatoms. The Bertz CT molecular complexity index is 2080. The van der Waals surface area contributed by atoms with Gasteiger partial charge < -0.3 is 34.6 Å². The summed E-state index contributed by atoms with van der Waals surface area (Å²) < 4.78 is 53.1. The first-order chi connectivity index (χ1) is 25.5. The summed E-state index contributed by atoms with van der Waals surface area (Å²) in [7, 11) is -5.01. The van der Waals surface area contributed by atoms with Gasteiger partial charge in [0, 0.05) is 18.5 Å². The zero-order chi connectivity index (χ0) is 40.5. The number of aromatic nitrogens is 2. The molecule has 1 aromatic carbocycles. The molecule has 4 amide bonds. The van der Waals surface area contributed by atoms with Crippen molar-refractivity contribution in [1.82, 2.24) is 25.2 Å². The molecule has 3 aromatic rings. The van der Waals surface area contributed by atoms with Crippen LogP contribution in [0.4, 0.5) is 19.9 Å². The lowest BCUT2D eigenvalue weighted by atomic mass is 9.84. The van der Waals surface area contributed by atoms with Crippen molar-refractivity contribution in [2.24, 2.45) is 5.16 Å². The van der Waals surface area contributed by atoms with Crippen LogP contribution in [0.1, 0.15) is 61.1 Å². The summed E-state index contributed by atoms with van der Waals surface area (Å²) in [5, 5.41) is 14.8. The highest BCUT2D eigenvalue weighted by Crippen LogP contribution is 2.33. The van der Waals surface area contributed by atoms with Crippen LogP contribution in [0, 0.1) is 0 Å². The number of benzene rings is 1. The molecule has 2 fully saturated rings. The van der Waals surface area contributed by atoms with Crippen LogP contribution in [0.2, 0.25) is 0 Å². The Morgan fingerprint density at radius 2 is 1.73 bits per heavy atom. The smallest absolute Gasteiger partial charge is 0.418 e. The molecule has 55 heavy (non-hydrogen) atoms. The van der Waals surface area contributed by atoms with Gasteiger partial charge in [-0.1, -0.05) is 16.5 Å². The summed E-state index contributed by atoms with van der Waals surface area (Å²) in [6.45, 7) is 14.2. The predicted octanol–water partition coefficient (Wildman–Crippen LogP) is 3.77. The maximum atomic E-state index is 13.5. The zero-order valence-electron chi connectivity index (χ0n) is 31.2. The number of hydrogen-bond donors (Lipinski definition) is 4. The molecule has 2 saturated heterocycles. The molecule has 0 radical (unpaired) electrons. The molecule has 5 rings (SSSR count). The molecule has 20 nitrogen and oxygen atoms in total. The van der Waals surface area contributed by atoms with E-state index in [0.29, 0.717) is 29.0 Å². The number of nitrogens with zero attached hydrogens (tertiary/aromatic N) is 5. The second-order valence-corrected chi connectivity index (χ2v) is 17.7. The second-order valence-electron chi connectivity index (χ2n) is 14.9. The first-order valence-corrected chi connectivity index (χ1v) is 19.8.